The topological polar surface area (TPSA) is 64.2 Å². The third-order valence-electron chi connectivity index (χ3n) is 2.92. The summed E-state index contributed by atoms with van der Waals surface area (Å²) in [7, 11) is 0. The van der Waals surface area contributed by atoms with Crippen molar-refractivity contribution in [2.75, 3.05) is 13.1 Å². The lowest BCUT2D eigenvalue weighted by atomic mass is 10.1. The maximum Gasteiger partial charge on any atom is 0.224 e. The maximum absolute atomic E-state index is 11.9. The molecule has 0 aromatic carbocycles. The molecule has 0 spiro atoms. The molecule has 0 bridgehead atoms. The van der Waals surface area contributed by atoms with Gasteiger partial charge in [-0.1, -0.05) is 0 Å². The number of nitrogens with zero attached hydrogens (tertiary/aromatic N) is 3. The third kappa shape index (κ3) is 4.84. The molecule has 2 heterocycles. The van der Waals surface area contributed by atoms with Crippen LogP contribution in [-0.2, 0) is 11.3 Å². The number of hydrogen-bond acceptors (Lipinski definition) is 3. The first-order valence-corrected chi connectivity index (χ1v) is 5.76. The van der Waals surface area contributed by atoms with Crippen LogP contribution in [0.2, 0.25) is 0 Å². The van der Waals surface area contributed by atoms with Crippen LogP contribution >= 0.6 is 24.8 Å². The highest BCUT2D eigenvalue weighted by Gasteiger charge is 2.20. The summed E-state index contributed by atoms with van der Waals surface area (Å²) in [5, 5.41) is 4.07. The van der Waals surface area contributed by atoms with E-state index in [0.717, 1.165) is 19.4 Å². The number of piperidine rings is 1. The van der Waals surface area contributed by atoms with Gasteiger partial charge in [-0.05, 0) is 18.9 Å². The fourth-order valence-corrected chi connectivity index (χ4v) is 2.04. The maximum atomic E-state index is 11.9. The number of halogens is 2. The van der Waals surface area contributed by atoms with Gasteiger partial charge in [0.2, 0.25) is 5.91 Å². The molecule has 1 aliphatic rings. The van der Waals surface area contributed by atoms with Crippen molar-refractivity contribution >= 4 is 30.7 Å². The summed E-state index contributed by atoms with van der Waals surface area (Å²) in [6, 6.07) is 2.02. The van der Waals surface area contributed by atoms with E-state index in [1.54, 1.807) is 10.9 Å². The normalized spacial score (nSPS) is 18.7. The standard InChI is InChI=1S/C11H18N4O.2ClH/c12-10-3-1-6-14(9-10)11(16)4-8-15-7-2-5-13-15;;/h2,5,7,10H,1,3-4,6,8-9,12H2;2*1H/t10-;;/m1../s1. The molecular weight excluding hydrogens is 275 g/mol. The first-order valence-electron chi connectivity index (χ1n) is 5.76. The summed E-state index contributed by atoms with van der Waals surface area (Å²) in [5.74, 6) is 0.186. The van der Waals surface area contributed by atoms with Gasteiger partial charge in [-0.15, -0.1) is 24.8 Å². The first kappa shape index (κ1) is 17.2. The molecule has 1 amide bonds. The summed E-state index contributed by atoms with van der Waals surface area (Å²) < 4.78 is 1.78. The van der Waals surface area contributed by atoms with E-state index < -0.39 is 0 Å². The molecule has 104 valence electrons. The van der Waals surface area contributed by atoms with Crippen LogP contribution in [0.3, 0.4) is 0 Å². The van der Waals surface area contributed by atoms with E-state index in [2.05, 4.69) is 5.10 Å². The molecule has 2 N–H and O–H groups in total. The lowest BCUT2D eigenvalue weighted by Crippen LogP contribution is -2.45. The molecule has 5 nitrogen and oxygen atoms in total. The summed E-state index contributed by atoms with van der Waals surface area (Å²) in [6.07, 6.45) is 6.16. The number of aryl methyl sites for hydroxylation is 1. The zero-order chi connectivity index (χ0) is 11.4. The molecule has 2 rings (SSSR count). The van der Waals surface area contributed by atoms with Crippen LogP contribution in [0.5, 0.6) is 0 Å². The highest BCUT2D eigenvalue weighted by Crippen LogP contribution is 2.09. The fraction of sp³-hybridized carbons (Fsp3) is 0.636. The Labute approximate surface area is 120 Å². The number of aromatic nitrogens is 2. The second kappa shape index (κ2) is 8.34. The number of likely N-dealkylation sites (tertiary alicyclic amines) is 1. The average Bonchev–Trinajstić information content (AvgIpc) is 2.78. The van der Waals surface area contributed by atoms with E-state index in [1.165, 1.54) is 0 Å². The Morgan fingerprint density at radius 2 is 2.22 bits per heavy atom. The van der Waals surface area contributed by atoms with Crippen LogP contribution in [0, 0.1) is 0 Å². The lowest BCUT2D eigenvalue weighted by molar-refractivity contribution is -0.132. The van der Waals surface area contributed by atoms with Crippen molar-refractivity contribution in [3.8, 4) is 0 Å². The van der Waals surface area contributed by atoms with E-state index in [0.29, 0.717) is 19.5 Å². The molecule has 1 aromatic rings. The molecule has 1 aromatic heterocycles. The third-order valence-corrected chi connectivity index (χ3v) is 2.92. The second-order valence-corrected chi connectivity index (χ2v) is 4.26. The van der Waals surface area contributed by atoms with Gasteiger partial charge in [0, 0.05) is 44.5 Å². The summed E-state index contributed by atoms with van der Waals surface area (Å²) in [6.45, 7) is 2.21. The van der Waals surface area contributed by atoms with Crippen LogP contribution in [0.1, 0.15) is 19.3 Å². The molecule has 1 aliphatic heterocycles. The van der Waals surface area contributed by atoms with Crippen molar-refractivity contribution in [1.29, 1.82) is 0 Å². The number of nitrogens with two attached hydrogens (primary N) is 1. The highest BCUT2D eigenvalue weighted by molar-refractivity contribution is 5.85. The van der Waals surface area contributed by atoms with Gasteiger partial charge in [-0.25, -0.2) is 0 Å². The number of rotatable bonds is 3. The van der Waals surface area contributed by atoms with E-state index in [4.69, 9.17) is 5.73 Å². The van der Waals surface area contributed by atoms with Gasteiger partial charge < -0.3 is 10.6 Å². The predicted molar refractivity (Wildman–Crippen MR) is 75.1 cm³/mol. The minimum Gasteiger partial charge on any atom is -0.341 e. The van der Waals surface area contributed by atoms with Gasteiger partial charge in [0.25, 0.3) is 0 Å². The predicted octanol–water partition coefficient (Wildman–Crippen LogP) is 1.07. The Balaban J connectivity index is 0.00000144. The Morgan fingerprint density at radius 3 is 2.83 bits per heavy atom. The zero-order valence-corrected chi connectivity index (χ0v) is 11.8. The molecule has 7 heteroatoms. The smallest absolute Gasteiger partial charge is 0.224 e. The number of hydrogen-bond donors (Lipinski definition) is 1. The van der Waals surface area contributed by atoms with Crippen LogP contribution in [-0.4, -0.2) is 39.7 Å². The van der Waals surface area contributed by atoms with Gasteiger partial charge >= 0.3 is 0 Å². The first-order chi connectivity index (χ1) is 7.75. The van der Waals surface area contributed by atoms with Crippen molar-refractivity contribution in [3.63, 3.8) is 0 Å². The van der Waals surface area contributed by atoms with E-state index >= 15 is 0 Å². The molecule has 18 heavy (non-hydrogen) atoms. The minimum absolute atomic E-state index is 0. The molecular formula is C11H20Cl2N4O. The molecule has 0 radical (unpaired) electrons. The minimum atomic E-state index is 0. The van der Waals surface area contributed by atoms with E-state index in [9.17, 15) is 4.79 Å². The number of amides is 1. The molecule has 1 atom stereocenters. The van der Waals surface area contributed by atoms with Gasteiger partial charge in [0.1, 0.15) is 0 Å². The Morgan fingerprint density at radius 1 is 1.44 bits per heavy atom. The molecule has 1 fully saturated rings. The van der Waals surface area contributed by atoms with Gasteiger partial charge in [0.05, 0.1) is 0 Å². The lowest BCUT2D eigenvalue weighted by Gasteiger charge is -2.30. The van der Waals surface area contributed by atoms with Crippen LogP contribution in [0.25, 0.3) is 0 Å². The molecule has 0 unspecified atom stereocenters. The monoisotopic (exact) mass is 294 g/mol. The van der Waals surface area contributed by atoms with Gasteiger partial charge in [0.15, 0.2) is 0 Å². The summed E-state index contributed by atoms with van der Waals surface area (Å²) >= 11 is 0. The number of carbonyl (C=O) groups excluding carboxylic acids is 1. The fourth-order valence-electron chi connectivity index (χ4n) is 2.04. The largest absolute Gasteiger partial charge is 0.341 e. The van der Waals surface area contributed by atoms with Crippen LogP contribution in [0.15, 0.2) is 18.5 Å². The summed E-state index contributed by atoms with van der Waals surface area (Å²) in [4.78, 5) is 13.7. The van der Waals surface area contributed by atoms with Crippen molar-refractivity contribution in [3.05, 3.63) is 18.5 Å². The highest BCUT2D eigenvalue weighted by atomic mass is 35.5. The van der Waals surface area contributed by atoms with E-state index in [1.807, 2.05) is 17.2 Å². The SMILES string of the molecule is Cl.Cl.N[C@@H]1CCCN(C(=O)CCn2cccn2)C1. The Kier molecular flexibility index (Phi) is 7.98. The molecule has 0 aliphatic carbocycles. The van der Waals surface area contributed by atoms with Gasteiger partial charge in [-0.3, -0.25) is 9.48 Å². The van der Waals surface area contributed by atoms with Crippen LogP contribution < -0.4 is 5.73 Å². The quantitative estimate of drug-likeness (QED) is 0.907. The Hall–Kier alpha value is -0.780. The van der Waals surface area contributed by atoms with Crippen molar-refractivity contribution in [2.24, 2.45) is 5.73 Å². The van der Waals surface area contributed by atoms with Crippen molar-refractivity contribution in [1.82, 2.24) is 14.7 Å². The Bertz CT molecular complexity index is 345. The van der Waals surface area contributed by atoms with Crippen molar-refractivity contribution < 1.29 is 4.79 Å². The molecule has 0 saturated carbocycles. The van der Waals surface area contributed by atoms with Crippen LogP contribution in [0.4, 0.5) is 0 Å². The second-order valence-electron chi connectivity index (χ2n) is 4.26. The number of carbonyl (C=O) groups is 1. The van der Waals surface area contributed by atoms with Crippen molar-refractivity contribution in [2.45, 2.75) is 31.8 Å². The van der Waals surface area contributed by atoms with Gasteiger partial charge in [-0.2, -0.15) is 5.10 Å². The average molecular weight is 295 g/mol. The zero-order valence-electron chi connectivity index (χ0n) is 10.2. The molecule has 1 saturated heterocycles. The summed E-state index contributed by atoms with van der Waals surface area (Å²) in [5.41, 5.74) is 5.84. The van der Waals surface area contributed by atoms with E-state index in [-0.39, 0.29) is 36.8 Å².